The number of piperidine rings is 2. The van der Waals surface area contributed by atoms with Gasteiger partial charge in [-0.1, -0.05) is 12.1 Å². The van der Waals surface area contributed by atoms with Gasteiger partial charge in [0.25, 0.3) is 0 Å². The van der Waals surface area contributed by atoms with Crippen LogP contribution in [0.3, 0.4) is 0 Å². The topological polar surface area (TPSA) is 72.7 Å². The lowest BCUT2D eigenvalue weighted by Crippen LogP contribution is -2.48. The number of phenolic OH excluding ortho intramolecular Hbond substituents is 1. The highest BCUT2D eigenvalue weighted by Crippen LogP contribution is 2.33. The van der Waals surface area contributed by atoms with Crippen LogP contribution >= 0.6 is 0 Å². The molecule has 3 heterocycles. The van der Waals surface area contributed by atoms with E-state index >= 15 is 0 Å². The van der Waals surface area contributed by atoms with Crippen molar-refractivity contribution >= 4 is 16.7 Å². The van der Waals surface area contributed by atoms with E-state index in [9.17, 15) is 14.6 Å². The lowest BCUT2D eigenvalue weighted by molar-refractivity contribution is 0.0542. The molecule has 0 unspecified atom stereocenters. The molecule has 7 heteroatoms. The summed E-state index contributed by atoms with van der Waals surface area (Å²) in [6, 6.07) is 12.1. The van der Waals surface area contributed by atoms with E-state index in [1.807, 2.05) is 6.07 Å². The summed E-state index contributed by atoms with van der Waals surface area (Å²) in [4.78, 5) is 14.1. The van der Waals surface area contributed by atoms with Crippen LogP contribution in [0.5, 0.6) is 5.75 Å². The minimum atomic E-state index is -0.311. The van der Waals surface area contributed by atoms with Gasteiger partial charge in [0.2, 0.25) is 0 Å². The highest BCUT2D eigenvalue weighted by atomic mass is 19.1. The quantitative estimate of drug-likeness (QED) is 0.672. The van der Waals surface area contributed by atoms with Crippen molar-refractivity contribution in [1.29, 1.82) is 0 Å². The van der Waals surface area contributed by atoms with Crippen molar-refractivity contribution in [2.45, 2.75) is 37.8 Å². The van der Waals surface area contributed by atoms with E-state index in [1.165, 1.54) is 12.1 Å². The Hall–Kier alpha value is -2.77. The van der Waals surface area contributed by atoms with Gasteiger partial charge in [-0.25, -0.2) is 14.4 Å². The molecular formula is C24H27FN4O2. The molecule has 0 amide bonds. The van der Waals surface area contributed by atoms with Gasteiger partial charge in [-0.05, 0) is 56.0 Å². The second-order valence-electron chi connectivity index (χ2n) is 8.53. The zero-order valence-corrected chi connectivity index (χ0v) is 17.4. The van der Waals surface area contributed by atoms with Crippen LogP contribution in [0.4, 0.5) is 10.2 Å². The summed E-state index contributed by atoms with van der Waals surface area (Å²) >= 11 is 0. The number of para-hydroxylation sites is 1. The predicted molar refractivity (Wildman–Crippen MR) is 119 cm³/mol. The zero-order valence-electron chi connectivity index (χ0n) is 17.4. The van der Waals surface area contributed by atoms with Crippen molar-refractivity contribution in [3.63, 3.8) is 0 Å². The van der Waals surface area contributed by atoms with Crippen LogP contribution in [0.1, 0.15) is 25.7 Å². The van der Waals surface area contributed by atoms with Crippen LogP contribution in [0.25, 0.3) is 22.3 Å². The fourth-order valence-corrected chi connectivity index (χ4v) is 4.80. The number of rotatable bonds is 3. The lowest BCUT2D eigenvalue weighted by atomic mass is 9.98. The maximum atomic E-state index is 14.1. The molecule has 0 spiro atoms. The molecule has 2 fully saturated rings. The summed E-state index contributed by atoms with van der Waals surface area (Å²) in [7, 11) is 0. The number of anilines is 1. The molecule has 162 valence electrons. The molecule has 2 aliphatic heterocycles. The van der Waals surface area contributed by atoms with Gasteiger partial charge in [0.1, 0.15) is 17.4 Å². The highest BCUT2D eigenvalue weighted by Gasteiger charge is 2.29. The van der Waals surface area contributed by atoms with Gasteiger partial charge in [0.15, 0.2) is 5.82 Å². The molecule has 5 rings (SSSR count). The first kappa shape index (κ1) is 20.2. The van der Waals surface area contributed by atoms with Crippen molar-refractivity contribution in [1.82, 2.24) is 14.9 Å². The third-order valence-electron chi connectivity index (χ3n) is 6.56. The van der Waals surface area contributed by atoms with Crippen molar-refractivity contribution < 1.29 is 14.6 Å². The summed E-state index contributed by atoms with van der Waals surface area (Å²) in [6.45, 7) is 3.55. The Morgan fingerprint density at radius 3 is 2.39 bits per heavy atom. The molecule has 0 saturated carbocycles. The number of aromatic nitrogens is 2. The maximum absolute atomic E-state index is 14.1. The van der Waals surface area contributed by atoms with Crippen LogP contribution in [-0.4, -0.2) is 63.4 Å². The summed E-state index contributed by atoms with van der Waals surface area (Å²) in [5, 5.41) is 20.8. The Morgan fingerprint density at radius 2 is 1.65 bits per heavy atom. The fourth-order valence-electron chi connectivity index (χ4n) is 4.80. The van der Waals surface area contributed by atoms with Crippen LogP contribution in [0.2, 0.25) is 0 Å². The van der Waals surface area contributed by atoms with Gasteiger partial charge in [0, 0.05) is 37.6 Å². The molecule has 0 aliphatic carbocycles. The second kappa shape index (κ2) is 8.40. The average Bonchev–Trinajstić information content (AvgIpc) is 2.79. The number of nitrogens with zero attached hydrogens (tertiary/aromatic N) is 4. The van der Waals surface area contributed by atoms with Crippen molar-refractivity contribution in [2.24, 2.45) is 0 Å². The van der Waals surface area contributed by atoms with E-state index in [2.05, 4.69) is 14.8 Å². The van der Waals surface area contributed by atoms with Gasteiger partial charge in [-0.3, -0.25) is 0 Å². The number of halogens is 1. The molecule has 1 aromatic heterocycles. The van der Waals surface area contributed by atoms with E-state index in [1.54, 1.807) is 24.3 Å². The molecule has 2 saturated heterocycles. The van der Waals surface area contributed by atoms with Crippen LogP contribution in [0.15, 0.2) is 42.5 Å². The number of fused-ring (bicyclic) bond motifs is 1. The largest absolute Gasteiger partial charge is 0.507 e. The monoisotopic (exact) mass is 422 g/mol. The summed E-state index contributed by atoms with van der Waals surface area (Å²) in [5.41, 5.74) is 1.23. The predicted octanol–water partition coefficient (Wildman–Crippen LogP) is 3.57. The van der Waals surface area contributed by atoms with E-state index < -0.39 is 0 Å². The van der Waals surface area contributed by atoms with Crippen molar-refractivity contribution in [3.8, 4) is 17.1 Å². The number of likely N-dealkylation sites (tertiary alicyclic amines) is 1. The summed E-state index contributed by atoms with van der Waals surface area (Å²) in [6.07, 6.45) is 3.54. The molecule has 2 aromatic carbocycles. The highest BCUT2D eigenvalue weighted by molar-refractivity contribution is 5.91. The normalized spacial score (nSPS) is 19.2. The third kappa shape index (κ3) is 4.07. The molecule has 0 radical (unpaired) electrons. The van der Waals surface area contributed by atoms with Gasteiger partial charge in [-0.15, -0.1) is 0 Å². The molecule has 2 aliphatic rings. The Bertz CT molecular complexity index is 1080. The molecule has 3 aromatic rings. The number of benzene rings is 2. The SMILES string of the molecule is Oc1ccccc1-c1nc(N2CCC(N3CCC(O)CC3)CC2)c2cc(F)ccc2n1. The number of phenols is 1. The summed E-state index contributed by atoms with van der Waals surface area (Å²) in [5.74, 6) is 0.977. The van der Waals surface area contributed by atoms with Crippen molar-refractivity contribution in [3.05, 3.63) is 48.3 Å². The van der Waals surface area contributed by atoms with Gasteiger partial charge in [0.05, 0.1) is 17.2 Å². The average molecular weight is 423 g/mol. The van der Waals surface area contributed by atoms with Gasteiger partial charge < -0.3 is 20.0 Å². The van der Waals surface area contributed by atoms with Crippen LogP contribution in [0, 0.1) is 5.82 Å². The summed E-state index contributed by atoms with van der Waals surface area (Å²) < 4.78 is 14.1. The second-order valence-corrected chi connectivity index (χ2v) is 8.53. The van der Waals surface area contributed by atoms with E-state index in [0.29, 0.717) is 28.3 Å². The Morgan fingerprint density at radius 1 is 0.903 bits per heavy atom. The number of hydrogen-bond acceptors (Lipinski definition) is 6. The fraction of sp³-hybridized carbons (Fsp3) is 0.417. The Labute approximate surface area is 181 Å². The Balaban J connectivity index is 1.45. The molecule has 2 N–H and O–H groups in total. The van der Waals surface area contributed by atoms with Crippen molar-refractivity contribution in [2.75, 3.05) is 31.1 Å². The smallest absolute Gasteiger partial charge is 0.165 e. The standard InChI is InChI=1S/C24H27FN4O2/c25-16-5-6-21-20(15-16)24(27-23(26-21)19-3-1-2-4-22(19)31)29-11-7-17(8-12-29)28-13-9-18(30)10-14-28/h1-6,15,17-18,30-31H,7-14H2. The Kier molecular flexibility index (Phi) is 5.46. The van der Waals surface area contributed by atoms with E-state index in [0.717, 1.165) is 57.7 Å². The molecule has 31 heavy (non-hydrogen) atoms. The molecule has 0 atom stereocenters. The van der Waals surface area contributed by atoms with E-state index in [-0.39, 0.29) is 17.7 Å². The lowest BCUT2D eigenvalue weighted by Gasteiger charge is -2.41. The molecule has 0 bridgehead atoms. The van der Waals surface area contributed by atoms with Gasteiger partial charge in [-0.2, -0.15) is 0 Å². The minimum absolute atomic E-state index is 0.126. The molecular weight excluding hydrogens is 395 g/mol. The first-order valence-corrected chi connectivity index (χ1v) is 11.0. The number of aliphatic hydroxyl groups excluding tert-OH is 1. The minimum Gasteiger partial charge on any atom is -0.507 e. The van der Waals surface area contributed by atoms with Gasteiger partial charge >= 0.3 is 0 Å². The van der Waals surface area contributed by atoms with E-state index in [4.69, 9.17) is 4.98 Å². The zero-order chi connectivity index (χ0) is 21.4. The number of aliphatic hydroxyl groups is 1. The number of aromatic hydroxyl groups is 1. The first-order chi connectivity index (χ1) is 15.1. The van der Waals surface area contributed by atoms with Crippen LogP contribution in [-0.2, 0) is 0 Å². The maximum Gasteiger partial charge on any atom is 0.165 e. The first-order valence-electron chi connectivity index (χ1n) is 11.0. The molecule has 6 nitrogen and oxygen atoms in total. The van der Waals surface area contributed by atoms with Crippen LogP contribution < -0.4 is 4.90 Å². The third-order valence-corrected chi connectivity index (χ3v) is 6.56. The number of hydrogen-bond donors (Lipinski definition) is 2.